The summed E-state index contributed by atoms with van der Waals surface area (Å²) in [5, 5.41) is 12.4. The van der Waals surface area contributed by atoms with E-state index in [4.69, 9.17) is 0 Å². The quantitative estimate of drug-likeness (QED) is 0.852. The second-order valence-electron chi connectivity index (χ2n) is 5.55. The van der Waals surface area contributed by atoms with Crippen LogP contribution in [0.1, 0.15) is 63.6 Å². The molecule has 0 saturated heterocycles. The van der Waals surface area contributed by atoms with E-state index in [1.54, 1.807) is 0 Å². The van der Waals surface area contributed by atoms with Gasteiger partial charge in [0.2, 0.25) is 0 Å². The number of aromatic nitrogens is 3. The summed E-state index contributed by atoms with van der Waals surface area (Å²) in [5.41, 5.74) is 0.322. The standard InChI is InChI=1S/C13H22N4/c1-3-13(6-4-5-7-13)12-16-15-11-10(2)14-8-9-17(11)12/h10,14H,3-9H2,1-2H3. The van der Waals surface area contributed by atoms with E-state index in [1.165, 1.54) is 37.9 Å². The first kappa shape index (κ1) is 11.2. The molecule has 0 spiro atoms. The maximum atomic E-state index is 4.55. The fraction of sp³-hybridized carbons (Fsp3) is 0.846. The van der Waals surface area contributed by atoms with Crippen LogP contribution < -0.4 is 5.32 Å². The first-order valence-electron chi connectivity index (χ1n) is 6.94. The lowest BCUT2D eigenvalue weighted by Crippen LogP contribution is -2.35. The van der Waals surface area contributed by atoms with E-state index in [1.807, 2.05) is 0 Å². The Morgan fingerprint density at radius 1 is 1.35 bits per heavy atom. The number of hydrogen-bond donors (Lipinski definition) is 1. The van der Waals surface area contributed by atoms with Gasteiger partial charge in [-0.1, -0.05) is 19.8 Å². The van der Waals surface area contributed by atoms with Crippen LogP contribution in [0.5, 0.6) is 0 Å². The molecule has 1 unspecified atom stereocenters. The molecule has 1 atom stereocenters. The summed E-state index contributed by atoms with van der Waals surface area (Å²) in [7, 11) is 0. The van der Waals surface area contributed by atoms with Gasteiger partial charge in [0, 0.05) is 18.5 Å². The molecule has 1 N–H and O–H groups in total. The molecule has 1 aromatic rings. The van der Waals surface area contributed by atoms with Crippen molar-refractivity contribution in [2.45, 2.75) is 64.0 Å². The Hall–Kier alpha value is -0.900. The van der Waals surface area contributed by atoms with Crippen LogP contribution in [-0.2, 0) is 12.0 Å². The van der Waals surface area contributed by atoms with Crippen LogP contribution in [0.2, 0.25) is 0 Å². The van der Waals surface area contributed by atoms with E-state index >= 15 is 0 Å². The summed E-state index contributed by atoms with van der Waals surface area (Å²) in [5.74, 6) is 2.40. The zero-order valence-corrected chi connectivity index (χ0v) is 10.9. The molecule has 17 heavy (non-hydrogen) atoms. The number of fused-ring (bicyclic) bond motifs is 1. The highest BCUT2D eigenvalue weighted by Crippen LogP contribution is 2.43. The summed E-state index contributed by atoms with van der Waals surface area (Å²) in [6, 6.07) is 0.348. The van der Waals surface area contributed by atoms with Crippen LogP contribution >= 0.6 is 0 Å². The second kappa shape index (κ2) is 4.09. The number of nitrogens with zero attached hydrogens (tertiary/aromatic N) is 3. The lowest BCUT2D eigenvalue weighted by molar-refractivity contribution is 0.355. The van der Waals surface area contributed by atoms with Crippen LogP contribution in [0.4, 0.5) is 0 Å². The van der Waals surface area contributed by atoms with Crippen molar-refractivity contribution in [1.29, 1.82) is 0 Å². The average molecular weight is 234 g/mol. The van der Waals surface area contributed by atoms with Gasteiger partial charge >= 0.3 is 0 Å². The summed E-state index contributed by atoms with van der Waals surface area (Å²) in [6.45, 7) is 6.55. The number of hydrogen-bond acceptors (Lipinski definition) is 3. The van der Waals surface area contributed by atoms with Gasteiger partial charge in [-0.05, 0) is 26.2 Å². The summed E-state index contributed by atoms with van der Waals surface area (Å²) < 4.78 is 2.38. The molecule has 3 rings (SSSR count). The normalized spacial score (nSPS) is 27.1. The predicted molar refractivity (Wildman–Crippen MR) is 66.9 cm³/mol. The van der Waals surface area contributed by atoms with Gasteiger partial charge in [0.1, 0.15) is 11.6 Å². The molecule has 0 bridgehead atoms. The molecule has 0 radical (unpaired) electrons. The van der Waals surface area contributed by atoms with Gasteiger partial charge in [-0.25, -0.2) is 0 Å². The van der Waals surface area contributed by atoms with Crippen molar-refractivity contribution in [2.75, 3.05) is 6.54 Å². The third-order valence-electron chi connectivity index (χ3n) is 4.66. The fourth-order valence-electron chi connectivity index (χ4n) is 3.52. The van der Waals surface area contributed by atoms with E-state index in [9.17, 15) is 0 Å². The highest BCUT2D eigenvalue weighted by atomic mass is 15.3. The Morgan fingerprint density at radius 2 is 2.12 bits per heavy atom. The Labute approximate surface area is 103 Å². The summed E-state index contributed by atoms with van der Waals surface area (Å²) in [6.07, 6.45) is 6.49. The van der Waals surface area contributed by atoms with E-state index in [2.05, 4.69) is 33.9 Å². The summed E-state index contributed by atoms with van der Waals surface area (Å²) >= 11 is 0. The fourth-order valence-corrected chi connectivity index (χ4v) is 3.52. The van der Waals surface area contributed by atoms with Gasteiger partial charge in [-0.2, -0.15) is 0 Å². The van der Waals surface area contributed by atoms with Crippen molar-refractivity contribution in [2.24, 2.45) is 0 Å². The first-order valence-corrected chi connectivity index (χ1v) is 6.94. The molecule has 4 nitrogen and oxygen atoms in total. The van der Waals surface area contributed by atoms with Gasteiger partial charge in [0.15, 0.2) is 0 Å². The topological polar surface area (TPSA) is 42.7 Å². The van der Waals surface area contributed by atoms with Crippen LogP contribution in [0.25, 0.3) is 0 Å². The molecule has 1 saturated carbocycles. The molecule has 1 aromatic heterocycles. The number of rotatable bonds is 2. The average Bonchev–Trinajstić information content (AvgIpc) is 2.96. The Morgan fingerprint density at radius 3 is 2.82 bits per heavy atom. The van der Waals surface area contributed by atoms with Gasteiger partial charge in [-0.15, -0.1) is 10.2 Å². The van der Waals surface area contributed by atoms with Crippen molar-refractivity contribution < 1.29 is 0 Å². The molecule has 0 aromatic carbocycles. The molecule has 0 amide bonds. The molecular formula is C13H22N4. The van der Waals surface area contributed by atoms with E-state index in [0.717, 1.165) is 18.9 Å². The zero-order valence-electron chi connectivity index (χ0n) is 10.9. The van der Waals surface area contributed by atoms with Crippen LogP contribution in [-0.4, -0.2) is 21.3 Å². The maximum absolute atomic E-state index is 4.55. The molecule has 2 heterocycles. The van der Waals surface area contributed by atoms with Gasteiger partial charge < -0.3 is 9.88 Å². The molecule has 1 aliphatic carbocycles. The highest BCUT2D eigenvalue weighted by Gasteiger charge is 2.39. The smallest absolute Gasteiger partial charge is 0.149 e. The Balaban J connectivity index is 2.03. The monoisotopic (exact) mass is 234 g/mol. The minimum atomic E-state index is 0.322. The lowest BCUT2D eigenvalue weighted by atomic mass is 9.82. The van der Waals surface area contributed by atoms with Crippen molar-refractivity contribution >= 4 is 0 Å². The third kappa shape index (κ3) is 1.61. The largest absolute Gasteiger partial charge is 0.312 e. The van der Waals surface area contributed by atoms with Crippen LogP contribution in [0.3, 0.4) is 0 Å². The van der Waals surface area contributed by atoms with Gasteiger partial charge in [0.25, 0.3) is 0 Å². The zero-order chi connectivity index (χ0) is 11.9. The van der Waals surface area contributed by atoms with Crippen LogP contribution in [0, 0.1) is 0 Å². The third-order valence-corrected chi connectivity index (χ3v) is 4.66. The van der Waals surface area contributed by atoms with Crippen molar-refractivity contribution in [3.8, 4) is 0 Å². The van der Waals surface area contributed by atoms with E-state index in [-0.39, 0.29) is 0 Å². The molecule has 2 aliphatic rings. The van der Waals surface area contributed by atoms with Crippen molar-refractivity contribution in [1.82, 2.24) is 20.1 Å². The van der Waals surface area contributed by atoms with Crippen molar-refractivity contribution in [3.63, 3.8) is 0 Å². The van der Waals surface area contributed by atoms with E-state index < -0.39 is 0 Å². The first-order chi connectivity index (χ1) is 8.27. The van der Waals surface area contributed by atoms with E-state index in [0.29, 0.717) is 11.5 Å². The molecule has 4 heteroatoms. The second-order valence-corrected chi connectivity index (χ2v) is 5.55. The minimum Gasteiger partial charge on any atom is -0.312 e. The van der Waals surface area contributed by atoms with Gasteiger partial charge in [-0.3, -0.25) is 0 Å². The van der Waals surface area contributed by atoms with Gasteiger partial charge in [0.05, 0.1) is 6.04 Å². The Bertz CT molecular complexity index is 404. The summed E-state index contributed by atoms with van der Waals surface area (Å²) in [4.78, 5) is 0. The molecule has 1 fully saturated rings. The Kier molecular flexibility index (Phi) is 2.69. The van der Waals surface area contributed by atoms with Crippen molar-refractivity contribution in [3.05, 3.63) is 11.6 Å². The van der Waals surface area contributed by atoms with Crippen LogP contribution in [0.15, 0.2) is 0 Å². The maximum Gasteiger partial charge on any atom is 0.149 e. The molecule has 1 aliphatic heterocycles. The SMILES string of the molecule is CCC1(c2nnc3n2CCNC3C)CCCC1. The highest BCUT2D eigenvalue weighted by molar-refractivity contribution is 5.15. The molecular weight excluding hydrogens is 212 g/mol. The molecule has 94 valence electrons. The minimum absolute atomic E-state index is 0.322. The number of nitrogens with one attached hydrogen (secondary N) is 1. The predicted octanol–water partition coefficient (Wildman–Crippen LogP) is 2.16. The lowest BCUT2D eigenvalue weighted by Gasteiger charge is -2.30.